The molecule has 0 spiro atoms. The van der Waals surface area contributed by atoms with Gasteiger partial charge in [0, 0.05) is 28.8 Å². The molecule has 2 aromatic carbocycles. The first kappa shape index (κ1) is 17.1. The van der Waals surface area contributed by atoms with Gasteiger partial charge in [-0.25, -0.2) is 8.42 Å². The molecular formula is C17H17BrN2O3S. The van der Waals surface area contributed by atoms with Gasteiger partial charge < -0.3 is 5.32 Å². The molecule has 1 saturated heterocycles. The number of sulfonamides is 1. The molecule has 1 N–H and O–H groups in total. The highest BCUT2D eigenvalue weighted by atomic mass is 79.9. The lowest BCUT2D eigenvalue weighted by atomic mass is 10.2. The monoisotopic (exact) mass is 408 g/mol. The normalized spacial score (nSPS) is 15.4. The number of anilines is 1. The summed E-state index contributed by atoms with van der Waals surface area (Å²) in [5.41, 5.74) is 0.967. The average Bonchev–Trinajstić information content (AvgIpc) is 3.11. The van der Waals surface area contributed by atoms with E-state index in [1.807, 2.05) is 0 Å². The van der Waals surface area contributed by atoms with Crippen LogP contribution in [-0.2, 0) is 10.0 Å². The van der Waals surface area contributed by atoms with Crippen molar-refractivity contribution < 1.29 is 13.2 Å². The Bertz CT molecular complexity index is 844. The summed E-state index contributed by atoms with van der Waals surface area (Å²) < 4.78 is 27.6. The number of amides is 1. The number of carbonyl (C=O) groups is 1. The molecule has 2 aromatic rings. The Morgan fingerprint density at radius 3 is 2.38 bits per heavy atom. The molecule has 0 bridgehead atoms. The second-order valence-electron chi connectivity index (χ2n) is 5.60. The fourth-order valence-electron chi connectivity index (χ4n) is 2.62. The summed E-state index contributed by atoms with van der Waals surface area (Å²) in [4.78, 5) is 12.5. The second-order valence-corrected chi connectivity index (χ2v) is 8.45. The van der Waals surface area contributed by atoms with Gasteiger partial charge in [-0.3, -0.25) is 4.79 Å². The van der Waals surface area contributed by atoms with Crippen LogP contribution in [0, 0.1) is 0 Å². The van der Waals surface area contributed by atoms with Crippen LogP contribution in [0.4, 0.5) is 5.69 Å². The first-order valence-corrected chi connectivity index (χ1v) is 9.87. The minimum Gasteiger partial charge on any atom is -0.322 e. The van der Waals surface area contributed by atoms with Gasteiger partial charge in [0.15, 0.2) is 0 Å². The van der Waals surface area contributed by atoms with Crippen molar-refractivity contribution in [3.8, 4) is 0 Å². The minimum absolute atomic E-state index is 0.206. The van der Waals surface area contributed by atoms with Crippen LogP contribution in [0.3, 0.4) is 0 Å². The van der Waals surface area contributed by atoms with E-state index < -0.39 is 10.0 Å². The minimum atomic E-state index is -3.49. The van der Waals surface area contributed by atoms with Gasteiger partial charge in [0.25, 0.3) is 5.91 Å². The van der Waals surface area contributed by atoms with E-state index in [1.54, 1.807) is 42.5 Å². The number of carbonyl (C=O) groups excluding carboxylic acids is 1. The molecule has 7 heteroatoms. The molecule has 0 radical (unpaired) electrons. The number of hydrogen-bond donors (Lipinski definition) is 1. The van der Waals surface area contributed by atoms with Crippen LogP contribution >= 0.6 is 15.9 Å². The van der Waals surface area contributed by atoms with E-state index in [-0.39, 0.29) is 10.8 Å². The van der Waals surface area contributed by atoms with E-state index in [0.717, 1.165) is 17.3 Å². The van der Waals surface area contributed by atoms with Crippen LogP contribution in [0.15, 0.2) is 57.9 Å². The van der Waals surface area contributed by atoms with Crippen molar-refractivity contribution in [1.82, 2.24) is 4.31 Å². The summed E-state index contributed by atoms with van der Waals surface area (Å²) in [5.74, 6) is -0.279. The molecule has 0 unspecified atom stereocenters. The van der Waals surface area contributed by atoms with Crippen LogP contribution in [0.1, 0.15) is 23.2 Å². The molecule has 1 aliphatic rings. The highest BCUT2D eigenvalue weighted by Gasteiger charge is 2.27. The summed E-state index contributed by atoms with van der Waals surface area (Å²) in [5, 5.41) is 2.74. The Morgan fingerprint density at radius 2 is 1.71 bits per heavy atom. The number of halogens is 1. The predicted octanol–water partition coefficient (Wildman–Crippen LogP) is 3.49. The van der Waals surface area contributed by atoms with E-state index in [1.165, 1.54) is 10.4 Å². The van der Waals surface area contributed by atoms with Crippen molar-refractivity contribution in [3.63, 3.8) is 0 Å². The maximum absolute atomic E-state index is 12.6. The Hall–Kier alpha value is -1.70. The zero-order chi connectivity index (χ0) is 17.2. The SMILES string of the molecule is O=C(Nc1cccc(S(=O)(=O)N2CCCC2)c1)c1ccc(Br)cc1. The fourth-order valence-corrected chi connectivity index (χ4v) is 4.44. The Labute approximate surface area is 149 Å². The molecule has 0 aliphatic carbocycles. The zero-order valence-electron chi connectivity index (χ0n) is 12.9. The van der Waals surface area contributed by atoms with Gasteiger partial charge in [0.1, 0.15) is 0 Å². The lowest BCUT2D eigenvalue weighted by Gasteiger charge is -2.16. The smallest absolute Gasteiger partial charge is 0.255 e. The number of nitrogens with one attached hydrogen (secondary N) is 1. The summed E-state index contributed by atoms with van der Waals surface area (Å²) in [6.45, 7) is 1.11. The summed E-state index contributed by atoms with van der Waals surface area (Å²) in [7, 11) is -3.49. The standard InChI is InChI=1S/C17H17BrN2O3S/c18-14-8-6-13(7-9-14)17(21)19-15-4-3-5-16(12-15)24(22,23)20-10-1-2-11-20/h3-9,12H,1-2,10-11H2,(H,19,21). The van der Waals surface area contributed by atoms with E-state index in [9.17, 15) is 13.2 Å². The van der Waals surface area contributed by atoms with Crippen LogP contribution in [0.2, 0.25) is 0 Å². The van der Waals surface area contributed by atoms with Crippen LogP contribution < -0.4 is 5.32 Å². The van der Waals surface area contributed by atoms with E-state index in [4.69, 9.17) is 0 Å². The Morgan fingerprint density at radius 1 is 1.04 bits per heavy atom. The quantitative estimate of drug-likeness (QED) is 0.841. The molecule has 0 aromatic heterocycles. The van der Waals surface area contributed by atoms with Gasteiger partial charge >= 0.3 is 0 Å². The molecule has 0 saturated carbocycles. The molecule has 24 heavy (non-hydrogen) atoms. The Kier molecular flexibility index (Phi) is 5.03. The van der Waals surface area contributed by atoms with Crippen molar-refractivity contribution >= 4 is 37.5 Å². The van der Waals surface area contributed by atoms with Crippen LogP contribution in [0.5, 0.6) is 0 Å². The van der Waals surface area contributed by atoms with Gasteiger partial charge in [-0.05, 0) is 55.3 Å². The van der Waals surface area contributed by atoms with Gasteiger partial charge in [-0.1, -0.05) is 22.0 Å². The number of benzene rings is 2. The lowest BCUT2D eigenvalue weighted by Crippen LogP contribution is -2.27. The van der Waals surface area contributed by atoms with Crippen molar-refractivity contribution in [1.29, 1.82) is 0 Å². The molecular weight excluding hydrogens is 392 g/mol. The summed E-state index contributed by atoms with van der Waals surface area (Å²) in [6.07, 6.45) is 1.78. The first-order chi connectivity index (χ1) is 11.5. The molecule has 126 valence electrons. The van der Waals surface area contributed by atoms with E-state index in [0.29, 0.717) is 24.3 Å². The van der Waals surface area contributed by atoms with E-state index >= 15 is 0 Å². The van der Waals surface area contributed by atoms with Gasteiger partial charge in [0.2, 0.25) is 10.0 Å². The number of rotatable bonds is 4. The van der Waals surface area contributed by atoms with E-state index in [2.05, 4.69) is 21.2 Å². The number of hydrogen-bond acceptors (Lipinski definition) is 3. The van der Waals surface area contributed by atoms with Crippen molar-refractivity contribution in [3.05, 3.63) is 58.6 Å². The molecule has 5 nitrogen and oxygen atoms in total. The Balaban J connectivity index is 1.80. The zero-order valence-corrected chi connectivity index (χ0v) is 15.3. The highest BCUT2D eigenvalue weighted by molar-refractivity contribution is 9.10. The second kappa shape index (κ2) is 7.04. The predicted molar refractivity (Wildman–Crippen MR) is 96.5 cm³/mol. The topological polar surface area (TPSA) is 66.5 Å². The molecule has 3 rings (SSSR count). The van der Waals surface area contributed by atoms with Crippen LogP contribution in [-0.4, -0.2) is 31.7 Å². The highest BCUT2D eigenvalue weighted by Crippen LogP contribution is 2.23. The molecule has 1 fully saturated rings. The third-order valence-electron chi connectivity index (χ3n) is 3.90. The lowest BCUT2D eigenvalue weighted by molar-refractivity contribution is 0.102. The largest absolute Gasteiger partial charge is 0.322 e. The van der Waals surface area contributed by atoms with Crippen molar-refractivity contribution in [2.24, 2.45) is 0 Å². The van der Waals surface area contributed by atoms with Crippen LogP contribution in [0.25, 0.3) is 0 Å². The average molecular weight is 409 g/mol. The molecule has 0 atom stereocenters. The van der Waals surface area contributed by atoms with Gasteiger partial charge in [0.05, 0.1) is 4.90 Å². The van der Waals surface area contributed by atoms with Gasteiger partial charge in [-0.2, -0.15) is 4.31 Å². The summed E-state index contributed by atoms with van der Waals surface area (Å²) >= 11 is 3.32. The number of nitrogens with zero attached hydrogens (tertiary/aromatic N) is 1. The fraction of sp³-hybridized carbons (Fsp3) is 0.235. The third kappa shape index (κ3) is 3.68. The third-order valence-corrected chi connectivity index (χ3v) is 6.32. The maximum Gasteiger partial charge on any atom is 0.255 e. The van der Waals surface area contributed by atoms with Crippen molar-refractivity contribution in [2.45, 2.75) is 17.7 Å². The summed E-state index contributed by atoms with van der Waals surface area (Å²) in [6, 6.07) is 13.3. The molecule has 1 heterocycles. The van der Waals surface area contributed by atoms with Gasteiger partial charge in [-0.15, -0.1) is 0 Å². The molecule has 1 amide bonds. The maximum atomic E-state index is 12.6. The first-order valence-electron chi connectivity index (χ1n) is 7.64. The van der Waals surface area contributed by atoms with Crippen molar-refractivity contribution in [2.75, 3.05) is 18.4 Å². The molecule has 1 aliphatic heterocycles.